The molecule has 1 aliphatic rings. The summed E-state index contributed by atoms with van der Waals surface area (Å²) in [7, 11) is 0. The first-order valence-electron chi connectivity index (χ1n) is 8.28. The maximum atomic E-state index is 12.2. The normalized spacial score (nSPS) is 18.3. The number of nitrogens with zero attached hydrogens (tertiary/aromatic N) is 2. The van der Waals surface area contributed by atoms with Crippen molar-refractivity contribution in [3.63, 3.8) is 0 Å². The van der Waals surface area contributed by atoms with Crippen molar-refractivity contribution < 1.29 is 14.6 Å². The van der Waals surface area contributed by atoms with Crippen LogP contribution in [0, 0.1) is 0 Å². The molecule has 23 heavy (non-hydrogen) atoms. The lowest BCUT2D eigenvalue weighted by molar-refractivity contribution is 0.0255. The molecule has 2 rings (SSSR count). The number of aliphatic hydroxyl groups excluding tert-OH is 1. The predicted molar refractivity (Wildman–Crippen MR) is 90.3 cm³/mol. The van der Waals surface area contributed by atoms with E-state index in [-0.39, 0.29) is 6.09 Å². The molecule has 0 radical (unpaired) electrons. The van der Waals surface area contributed by atoms with Crippen LogP contribution in [0.2, 0.25) is 0 Å². The summed E-state index contributed by atoms with van der Waals surface area (Å²) in [6.07, 6.45) is 0.146. The third kappa shape index (κ3) is 5.84. The molecule has 0 bridgehead atoms. The van der Waals surface area contributed by atoms with Crippen LogP contribution < -0.4 is 0 Å². The predicted octanol–water partition coefficient (Wildman–Crippen LogP) is 2.66. The minimum Gasteiger partial charge on any atom is -0.444 e. The zero-order valence-corrected chi connectivity index (χ0v) is 14.4. The Morgan fingerprint density at radius 3 is 2.52 bits per heavy atom. The lowest BCUT2D eigenvalue weighted by Gasteiger charge is -2.27. The molecule has 1 aromatic carbocycles. The average Bonchev–Trinajstić information content (AvgIpc) is 2.72. The lowest BCUT2D eigenvalue weighted by atomic mass is 10.1. The third-order valence-electron chi connectivity index (χ3n) is 3.86. The smallest absolute Gasteiger partial charge is 0.410 e. The highest BCUT2D eigenvalue weighted by Gasteiger charge is 2.25. The molecule has 1 saturated heterocycles. The summed E-state index contributed by atoms with van der Waals surface area (Å²) in [5.41, 5.74) is 0.466. The Bertz CT molecular complexity index is 499. The standard InChI is InChI=1S/C18H28N2O3/c1-18(2,3)23-17(22)20-11-7-10-19(12-13-20)14-16(21)15-8-5-4-6-9-15/h4-6,8-9,16,21H,7,10-14H2,1-3H3. The van der Waals surface area contributed by atoms with Crippen LogP contribution >= 0.6 is 0 Å². The van der Waals surface area contributed by atoms with Gasteiger partial charge in [0.05, 0.1) is 6.10 Å². The number of carbonyl (C=O) groups excluding carboxylic acids is 1. The van der Waals surface area contributed by atoms with Gasteiger partial charge in [-0.3, -0.25) is 4.90 Å². The molecular formula is C18H28N2O3. The van der Waals surface area contributed by atoms with Crippen molar-refractivity contribution in [1.82, 2.24) is 9.80 Å². The van der Waals surface area contributed by atoms with Crippen molar-refractivity contribution in [2.45, 2.75) is 38.9 Å². The van der Waals surface area contributed by atoms with E-state index < -0.39 is 11.7 Å². The highest BCUT2D eigenvalue weighted by molar-refractivity contribution is 5.68. The minimum atomic E-state index is -0.496. The fourth-order valence-corrected chi connectivity index (χ4v) is 2.69. The highest BCUT2D eigenvalue weighted by Crippen LogP contribution is 2.16. The molecule has 0 saturated carbocycles. The monoisotopic (exact) mass is 320 g/mol. The largest absolute Gasteiger partial charge is 0.444 e. The summed E-state index contributed by atoms with van der Waals surface area (Å²) in [5.74, 6) is 0. The number of hydrogen-bond acceptors (Lipinski definition) is 4. The van der Waals surface area contributed by atoms with Gasteiger partial charge in [0.15, 0.2) is 0 Å². The van der Waals surface area contributed by atoms with Crippen LogP contribution in [0.25, 0.3) is 0 Å². The first-order chi connectivity index (χ1) is 10.8. The van der Waals surface area contributed by atoms with Gasteiger partial charge in [0.25, 0.3) is 0 Å². The first-order valence-corrected chi connectivity index (χ1v) is 8.28. The minimum absolute atomic E-state index is 0.247. The van der Waals surface area contributed by atoms with Crippen molar-refractivity contribution in [3.05, 3.63) is 35.9 Å². The van der Waals surface area contributed by atoms with E-state index in [2.05, 4.69) is 4.90 Å². The van der Waals surface area contributed by atoms with Crippen LogP contribution in [0.1, 0.15) is 38.9 Å². The zero-order chi connectivity index (χ0) is 16.9. The van der Waals surface area contributed by atoms with E-state index in [1.54, 1.807) is 4.90 Å². The molecule has 0 aliphatic carbocycles. The average molecular weight is 320 g/mol. The van der Waals surface area contributed by atoms with Gasteiger partial charge >= 0.3 is 6.09 Å². The van der Waals surface area contributed by atoms with Crippen LogP contribution in [0.3, 0.4) is 0 Å². The molecule has 0 aromatic heterocycles. The molecule has 1 amide bonds. The number of rotatable bonds is 3. The number of benzene rings is 1. The fourth-order valence-electron chi connectivity index (χ4n) is 2.69. The first kappa shape index (κ1) is 17.8. The molecule has 1 unspecified atom stereocenters. The number of aliphatic hydroxyl groups is 1. The molecule has 1 aromatic rings. The Morgan fingerprint density at radius 1 is 1.17 bits per heavy atom. The van der Waals surface area contributed by atoms with E-state index in [1.165, 1.54) is 0 Å². The number of hydrogen-bond donors (Lipinski definition) is 1. The van der Waals surface area contributed by atoms with E-state index in [0.29, 0.717) is 19.6 Å². The Hall–Kier alpha value is -1.59. The van der Waals surface area contributed by atoms with Gasteiger partial charge in [0.2, 0.25) is 0 Å². The van der Waals surface area contributed by atoms with Crippen molar-refractivity contribution in [2.24, 2.45) is 0 Å². The molecule has 5 heteroatoms. The highest BCUT2D eigenvalue weighted by atomic mass is 16.6. The van der Waals surface area contributed by atoms with Gasteiger partial charge in [0.1, 0.15) is 5.60 Å². The summed E-state index contributed by atoms with van der Waals surface area (Å²) in [6, 6.07) is 9.70. The Morgan fingerprint density at radius 2 is 1.87 bits per heavy atom. The van der Waals surface area contributed by atoms with E-state index in [9.17, 15) is 9.90 Å². The van der Waals surface area contributed by atoms with Gasteiger partial charge in [0, 0.05) is 32.7 Å². The molecule has 128 valence electrons. The Kier molecular flexibility index (Phi) is 6.02. The van der Waals surface area contributed by atoms with Gasteiger partial charge in [-0.25, -0.2) is 4.79 Å². The number of ether oxygens (including phenoxy) is 1. The van der Waals surface area contributed by atoms with Gasteiger partial charge in [-0.05, 0) is 32.8 Å². The molecular weight excluding hydrogens is 292 g/mol. The van der Waals surface area contributed by atoms with Gasteiger partial charge in [-0.1, -0.05) is 30.3 Å². The summed E-state index contributed by atoms with van der Waals surface area (Å²) >= 11 is 0. The molecule has 5 nitrogen and oxygen atoms in total. The van der Waals surface area contributed by atoms with Crippen LogP contribution in [0.15, 0.2) is 30.3 Å². The summed E-state index contributed by atoms with van der Waals surface area (Å²) in [5, 5.41) is 10.3. The van der Waals surface area contributed by atoms with Crippen LogP contribution in [-0.4, -0.2) is 59.3 Å². The van der Waals surface area contributed by atoms with Crippen LogP contribution in [0.5, 0.6) is 0 Å². The maximum absolute atomic E-state index is 12.2. The number of β-amino-alcohol motifs (C(OH)–C–C–N with tert-alkyl or cyclic N) is 1. The van der Waals surface area contributed by atoms with Gasteiger partial charge in [-0.15, -0.1) is 0 Å². The van der Waals surface area contributed by atoms with Gasteiger partial charge < -0.3 is 14.7 Å². The molecule has 1 atom stereocenters. The number of amides is 1. The van der Waals surface area contributed by atoms with Crippen molar-refractivity contribution in [3.8, 4) is 0 Å². The third-order valence-corrected chi connectivity index (χ3v) is 3.86. The van der Waals surface area contributed by atoms with E-state index >= 15 is 0 Å². The Labute approximate surface area is 138 Å². The van der Waals surface area contributed by atoms with E-state index in [0.717, 1.165) is 25.1 Å². The SMILES string of the molecule is CC(C)(C)OC(=O)N1CCCN(CC(O)c2ccccc2)CC1. The molecule has 1 aliphatic heterocycles. The fraction of sp³-hybridized carbons (Fsp3) is 0.611. The second kappa shape index (κ2) is 7.79. The topological polar surface area (TPSA) is 53.0 Å². The summed E-state index contributed by atoms with van der Waals surface area (Å²) < 4.78 is 5.44. The molecule has 1 fully saturated rings. The quantitative estimate of drug-likeness (QED) is 0.930. The van der Waals surface area contributed by atoms with Crippen LogP contribution in [0.4, 0.5) is 4.79 Å². The van der Waals surface area contributed by atoms with Gasteiger partial charge in [-0.2, -0.15) is 0 Å². The van der Waals surface area contributed by atoms with Crippen LogP contribution in [-0.2, 0) is 4.74 Å². The zero-order valence-electron chi connectivity index (χ0n) is 14.4. The molecule has 1 N–H and O–H groups in total. The summed E-state index contributed by atoms with van der Waals surface area (Å²) in [6.45, 7) is 9.20. The summed E-state index contributed by atoms with van der Waals surface area (Å²) in [4.78, 5) is 16.1. The van der Waals surface area contributed by atoms with Crippen molar-refractivity contribution in [2.75, 3.05) is 32.7 Å². The van der Waals surface area contributed by atoms with E-state index in [1.807, 2.05) is 51.1 Å². The lowest BCUT2D eigenvalue weighted by Crippen LogP contribution is -2.39. The number of carbonyl (C=O) groups is 1. The second-order valence-electron chi connectivity index (χ2n) is 7.05. The second-order valence-corrected chi connectivity index (χ2v) is 7.05. The molecule has 1 heterocycles. The van der Waals surface area contributed by atoms with E-state index in [4.69, 9.17) is 4.74 Å². The maximum Gasteiger partial charge on any atom is 0.410 e. The molecule has 0 spiro atoms. The Balaban J connectivity index is 1.85. The van der Waals surface area contributed by atoms with Crippen molar-refractivity contribution in [1.29, 1.82) is 0 Å². The van der Waals surface area contributed by atoms with Crippen molar-refractivity contribution >= 4 is 6.09 Å².